The van der Waals surface area contributed by atoms with Crippen LogP contribution in [-0.2, 0) is 9.09 Å². The molecule has 0 radical (unpaired) electrons. The van der Waals surface area contributed by atoms with Gasteiger partial charge in [-0.15, -0.1) is 0 Å². The van der Waals surface area contributed by atoms with Gasteiger partial charge in [-0.25, -0.2) is 4.57 Å². The average Bonchev–Trinajstić information content (AvgIpc) is 2.22. The van der Waals surface area contributed by atoms with E-state index in [9.17, 15) is 4.57 Å². The molecule has 0 saturated heterocycles. The second-order valence-corrected chi connectivity index (χ2v) is 4.35. The summed E-state index contributed by atoms with van der Waals surface area (Å²) >= 11 is 0. The van der Waals surface area contributed by atoms with Crippen LogP contribution in [0, 0.1) is 0 Å². The molecular formula is C9H14NO6P. The van der Waals surface area contributed by atoms with Crippen LogP contribution in [0.5, 0.6) is 11.5 Å². The molecule has 96 valence electrons. The molecule has 1 rings (SSSR count). The van der Waals surface area contributed by atoms with Crippen LogP contribution in [0.3, 0.4) is 0 Å². The second-order valence-electron chi connectivity index (χ2n) is 3.11. The number of nitrogen functional groups attached to an aromatic ring is 1. The highest BCUT2D eigenvalue weighted by Crippen LogP contribution is 2.35. The van der Waals surface area contributed by atoms with Crippen molar-refractivity contribution in [3.63, 3.8) is 0 Å². The van der Waals surface area contributed by atoms with Crippen LogP contribution in [0.15, 0.2) is 18.2 Å². The Balaban J connectivity index is 2.46. The summed E-state index contributed by atoms with van der Waals surface area (Å²) in [7, 11) is -2.95. The first kappa shape index (κ1) is 13.8. The number of rotatable bonds is 6. The first-order valence-corrected chi connectivity index (χ1v) is 6.21. The third-order valence-electron chi connectivity index (χ3n) is 1.75. The molecular weight excluding hydrogens is 249 g/mol. The van der Waals surface area contributed by atoms with Gasteiger partial charge in [0.2, 0.25) is 0 Å². The van der Waals surface area contributed by atoms with E-state index >= 15 is 0 Å². The lowest BCUT2D eigenvalue weighted by atomic mass is 10.3. The van der Waals surface area contributed by atoms with E-state index < -0.39 is 7.82 Å². The Morgan fingerprint density at radius 1 is 1.24 bits per heavy atom. The molecule has 17 heavy (non-hydrogen) atoms. The van der Waals surface area contributed by atoms with E-state index in [1.54, 1.807) is 18.2 Å². The zero-order valence-electron chi connectivity index (χ0n) is 9.20. The summed E-state index contributed by atoms with van der Waals surface area (Å²) in [4.78, 5) is 16.9. The molecule has 7 nitrogen and oxygen atoms in total. The molecule has 0 amide bonds. The fourth-order valence-electron chi connectivity index (χ4n) is 1.11. The number of benzene rings is 1. The molecule has 0 aromatic heterocycles. The lowest BCUT2D eigenvalue weighted by molar-refractivity contribution is 0.160. The molecule has 1 aromatic carbocycles. The smallest absolute Gasteiger partial charge is 0.469 e. The molecule has 0 fully saturated rings. The highest BCUT2D eigenvalue weighted by molar-refractivity contribution is 7.46. The molecule has 8 heteroatoms. The van der Waals surface area contributed by atoms with Gasteiger partial charge in [-0.3, -0.25) is 4.52 Å². The summed E-state index contributed by atoms with van der Waals surface area (Å²) in [5.74, 6) is 0.979. The summed E-state index contributed by atoms with van der Waals surface area (Å²) in [5.41, 5.74) is 6.06. The number of hydrogen-bond acceptors (Lipinski definition) is 5. The number of hydrogen-bond donors (Lipinski definition) is 3. The van der Waals surface area contributed by atoms with Crippen LogP contribution in [0.4, 0.5) is 5.69 Å². The number of anilines is 1. The van der Waals surface area contributed by atoms with Crippen molar-refractivity contribution in [1.29, 1.82) is 0 Å². The number of phosphoric acid groups is 1. The van der Waals surface area contributed by atoms with Crippen molar-refractivity contribution in [3.05, 3.63) is 18.2 Å². The van der Waals surface area contributed by atoms with Crippen LogP contribution < -0.4 is 15.2 Å². The van der Waals surface area contributed by atoms with E-state index in [-0.39, 0.29) is 13.2 Å². The third kappa shape index (κ3) is 5.55. The Morgan fingerprint density at radius 2 is 1.88 bits per heavy atom. The minimum absolute atomic E-state index is 0.00226. The Labute approximate surface area is 98.3 Å². The van der Waals surface area contributed by atoms with Gasteiger partial charge in [0, 0.05) is 23.9 Å². The van der Waals surface area contributed by atoms with E-state index in [1.165, 1.54) is 7.11 Å². The zero-order chi connectivity index (χ0) is 12.9. The fraction of sp³-hybridized carbons (Fsp3) is 0.333. The highest BCUT2D eigenvalue weighted by Gasteiger charge is 2.12. The largest absolute Gasteiger partial charge is 0.497 e. The number of phosphoric ester groups is 1. The quantitative estimate of drug-likeness (QED) is 0.394. The molecule has 1 aromatic rings. The molecule has 0 spiro atoms. The molecule has 0 aliphatic rings. The monoisotopic (exact) mass is 263 g/mol. The Bertz CT molecular complexity index is 418. The zero-order valence-corrected chi connectivity index (χ0v) is 10.1. The number of methoxy groups -OCH3 is 1. The summed E-state index contributed by atoms with van der Waals surface area (Å²) in [6.45, 7) is -0.223. The molecule has 0 heterocycles. The van der Waals surface area contributed by atoms with Gasteiger partial charge in [0.1, 0.15) is 18.1 Å². The van der Waals surface area contributed by atoms with Crippen LogP contribution in [-0.4, -0.2) is 30.1 Å². The van der Waals surface area contributed by atoms with E-state index in [1.807, 2.05) is 0 Å². The molecule has 0 unspecified atom stereocenters. The van der Waals surface area contributed by atoms with Gasteiger partial charge in [-0.1, -0.05) is 0 Å². The van der Waals surface area contributed by atoms with Crippen molar-refractivity contribution in [1.82, 2.24) is 0 Å². The second kappa shape index (κ2) is 5.88. The summed E-state index contributed by atoms with van der Waals surface area (Å²) < 4.78 is 24.8. The Morgan fingerprint density at radius 3 is 2.47 bits per heavy atom. The minimum Gasteiger partial charge on any atom is -0.497 e. The molecule has 0 bridgehead atoms. The third-order valence-corrected chi connectivity index (χ3v) is 2.27. The maximum atomic E-state index is 10.4. The summed E-state index contributed by atoms with van der Waals surface area (Å²) in [6.07, 6.45) is 0. The van der Waals surface area contributed by atoms with Gasteiger partial charge in [0.05, 0.1) is 13.7 Å². The van der Waals surface area contributed by atoms with Crippen molar-refractivity contribution in [2.24, 2.45) is 0 Å². The standard InChI is InChI=1S/C9H14NO6P/c1-14-8-4-7(10)5-9(6-8)15-2-3-16-17(11,12)13/h4-6H,2-3,10H2,1H3,(H2,11,12,13). The van der Waals surface area contributed by atoms with Gasteiger partial charge in [0.25, 0.3) is 0 Å². The summed E-state index contributed by atoms with van der Waals surface area (Å²) in [6, 6.07) is 4.80. The highest BCUT2D eigenvalue weighted by atomic mass is 31.2. The predicted molar refractivity (Wildman–Crippen MR) is 60.9 cm³/mol. The molecule has 0 atom stereocenters. The first-order valence-electron chi connectivity index (χ1n) is 4.68. The van der Waals surface area contributed by atoms with Crippen molar-refractivity contribution in [3.8, 4) is 11.5 Å². The lowest BCUT2D eigenvalue weighted by Gasteiger charge is -2.09. The molecule has 0 aliphatic heterocycles. The van der Waals surface area contributed by atoms with Crippen molar-refractivity contribution < 1.29 is 28.3 Å². The van der Waals surface area contributed by atoms with Crippen LogP contribution in [0.2, 0.25) is 0 Å². The lowest BCUT2D eigenvalue weighted by Crippen LogP contribution is -2.05. The average molecular weight is 263 g/mol. The van der Waals surface area contributed by atoms with Crippen LogP contribution in [0.1, 0.15) is 0 Å². The van der Waals surface area contributed by atoms with Crippen molar-refractivity contribution in [2.75, 3.05) is 26.1 Å². The van der Waals surface area contributed by atoms with Gasteiger partial charge < -0.3 is 25.0 Å². The SMILES string of the molecule is COc1cc(N)cc(OCCOP(=O)(O)O)c1. The molecule has 0 aliphatic carbocycles. The topological polar surface area (TPSA) is 111 Å². The maximum absolute atomic E-state index is 10.4. The predicted octanol–water partition coefficient (Wildman–Crippen LogP) is 0.765. The van der Waals surface area contributed by atoms with Gasteiger partial charge in [-0.05, 0) is 0 Å². The molecule has 4 N–H and O–H groups in total. The van der Waals surface area contributed by atoms with Crippen molar-refractivity contribution >= 4 is 13.5 Å². The van der Waals surface area contributed by atoms with Crippen LogP contribution in [0.25, 0.3) is 0 Å². The van der Waals surface area contributed by atoms with E-state index in [4.69, 9.17) is 25.0 Å². The number of nitrogens with two attached hydrogens (primary N) is 1. The van der Waals surface area contributed by atoms with Gasteiger partial charge in [0.15, 0.2) is 0 Å². The van der Waals surface area contributed by atoms with E-state index in [0.29, 0.717) is 17.2 Å². The minimum atomic E-state index is -4.44. The van der Waals surface area contributed by atoms with E-state index in [0.717, 1.165) is 0 Å². The fourth-order valence-corrected chi connectivity index (χ4v) is 1.42. The van der Waals surface area contributed by atoms with E-state index in [2.05, 4.69) is 4.52 Å². The van der Waals surface area contributed by atoms with Crippen molar-refractivity contribution in [2.45, 2.75) is 0 Å². The van der Waals surface area contributed by atoms with Gasteiger partial charge >= 0.3 is 7.82 Å². The normalized spacial score (nSPS) is 11.2. The maximum Gasteiger partial charge on any atom is 0.469 e. The van der Waals surface area contributed by atoms with Crippen LogP contribution >= 0.6 is 7.82 Å². The van der Waals surface area contributed by atoms with Gasteiger partial charge in [-0.2, -0.15) is 0 Å². The number of ether oxygens (including phenoxy) is 2. The summed E-state index contributed by atoms with van der Waals surface area (Å²) in [5, 5.41) is 0. The Hall–Kier alpha value is -1.27. The molecule has 0 saturated carbocycles. The Kier molecular flexibility index (Phi) is 4.77. The first-order chi connectivity index (χ1) is 7.90.